The van der Waals surface area contributed by atoms with E-state index >= 15 is 0 Å². The van der Waals surface area contributed by atoms with Gasteiger partial charge in [-0.2, -0.15) is 5.10 Å². The molecule has 0 spiro atoms. The van der Waals surface area contributed by atoms with E-state index in [2.05, 4.69) is 21.4 Å². The Morgan fingerprint density at radius 2 is 1.93 bits per heavy atom. The second-order valence-electron chi connectivity index (χ2n) is 7.01. The molecule has 6 nitrogen and oxygen atoms in total. The third-order valence-electron chi connectivity index (χ3n) is 4.97. The average Bonchev–Trinajstić information content (AvgIpc) is 3.36. The van der Waals surface area contributed by atoms with Gasteiger partial charge in [0.1, 0.15) is 17.3 Å². The number of nitrogens with one attached hydrogen (secondary N) is 1. The molecule has 0 radical (unpaired) electrons. The zero-order valence-corrected chi connectivity index (χ0v) is 16.0. The number of furan rings is 1. The van der Waals surface area contributed by atoms with Gasteiger partial charge in [-0.25, -0.2) is 9.07 Å². The number of benzene rings is 1. The molecule has 4 rings (SSSR count). The number of rotatable bonds is 7. The quantitative estimate of drug-likeness (QED) is 0.679. The van der Waals surface area contributed by atoms with Crippen LogP contribution in [-0.4, -0.2) is 47.5 Å². The van der Waals surface area contributed by atoms with Gasteiger partial charge in [0, 0.05) is 37.9 Å². The highest BCUT2D eigenvalue weighted by molar-refractivity contribution is 5.31. The summed E-state index contributed by atoms with van der Waals surface area (Å²) < 4.78 is 26.2. The standard InChI is InChI=1S/C21H25FN4O2/c1-16-2-7-21(28-16)20(25-8-10-27-11-9-25)14-23-12-17-13-24-26(15-17)19-5-3-18(22)4-6-19/h2-7,13,15,20,23H,8-12,14H2,1H3. The van der Waals surface area contributed by atoms with Crippen LogP contribution in [0.15, 0.2) is 53.2 Å². The summed E-state index contributed by atoms with van der Waals surface area (Å²) in [7, 11) is 0. The molecule has 1 aliphatic rings. The zero-order valence-electron chi connectivity index (χ0n) is 16.0. The Balaban J connectivity index is 1.38. The molecule has 0 saturated carbocycles. The van der Waals surface area contributed by atoms with Crippen molar-refractivity contribution in [2.45, 2.75) is 19.5 Å². The molecular formula is C21H25FN4O2. The SMILES string of the molecule is Cc1ccc(C(CNCc2cnn(-c3ccc(F)cc3)c2)N2CCOCC2)o1. The summed E-state index contributed by atoms with van der Waals surface area (Å²) in [4.78, 5) is 2.40. The number of ether oxygens (including phenoxy) is 1. The number of hydrogen-bond donors (Lipinski definition) is 1. The van der Waals surface area contributed by atoms with Gasteiger partial charge in [-0.1, -0.05) is 0 Å². The first kappa shape index (κ1) is 18.9. The van der Waals surface area contributed by atoms with E-state index in [0.29, 0.717) is 6.54 Å². The third kappa shape index (κ3) is 4.49. The minimum atomic E-state index is -0.250. The van der Waals surface area contributed by atoms with Crippen molar-refractivity contribution in [2.75, 3.05) is 32.8 Å². The second-order valence-corrected chi connectivity index (χ2v) is 7.01. The highest BCUT2D eigenvalue weighted by Crippen LogP contribution is 2.23. The Morgan fingerprint density at radius 1 is 1.14 bits per heavy atom. The summed E-state index contributed by atoms with van der Waals surface area (Å²) in [5, 5.41) is 7.90. The number of hydrogen-bond acceptors (Lipinski definition) is 5. The summed E-state index contributed by atoms with van der Waals surface area (Å²) in [6.45, 7) is 6.73. The number of nitrogens with zero attached hydrogens (tertiary/aromatic N) is 3. The predicted molar refractivity (Wildman–Crippen MR) is 104 cm³/mol. The van der Waals surface area contributed by atoms with Crippen molar-refractivity contribution in [3.63, 3.8) is 0 Å². The molecule has 148 valence electrons. The van der Waals surface area contributed by atoms with Crippen molar-refractivity contribution in [1.29, 1.82) is 0 Å². The van der Waals surface area contributed by atoms with Crippen molar-refractivity contribution in [1.82, 2.24) is 20.0 Å². The number of morpholine rings is 1. The molecule has 3 heterocycles. The Bertz CT molecular complexity index is 884. The molecule has 1 fully saturated rings. The van der Waals surface area contributed by atoms with Crippen molar-refractivity contribution < 1.29 is 13.5 Å². The highest BCUT2D eigenvalue weighted by atomic mass is 19.1. The maximum absolute atomic E-state index is 13.1. The van der Waals surface area contributed by atoms with Gasteiger partial charge in [0.25, 0.3) is 0 Å². The lowest BCUT2D eigenvalue weighted by molar-refractivity contribution is 0.0115. The van der Waals surface area contributed by atoms with Gasteiger partial charge in [0.15, 0.2) is 0 Å². The molecule has 0 bridgehead atoms. The lowest BCUT2D eigenvalue weighted by atomic mass is 10.1. The topological polar surface area (TPSA) is 55.5 Å². The van der Waals surface area contributed by atoms with E-state index in [0.717, 1.165) is 55.6 Å². The number of aryl methyl sites for hydroxylation is 1. The van der Waals surface area contributed by atoms with Gasteiger partial charge in [-0.3, -0.25) is 4.90 Å². The molecule has 2 aromatic heterocycles. The summed E-state index contributed by atoms with van der Waals surface area (Å²) in [5.74, 6) is 1.66. The van der Waals surface area contributed by atoms with Gasteiger partial charge >= 0.3 is 0 Å². The Morgan fingerprint density at radius 3 is 2.64 bits per heavy atom. The predicted octanol–water partition coefficient (Wildman–Crippen LogP) is 3.08. The van der Waals surface area contributed by atoms with Crippen molar-refractivity contribution >= 4 is 0 Å². The Labute approximate surface area is 163 Å². The van der Waals surface area contributed by atoms with Crippen LogP contribution in [0.4, 0.5) is 4.39 Å². The first-order valence-electron chi connectivity index (χ1n) is 9.57. The Hall–Kier alpha value is -2.48. The van der Waals surface area contributed by atoms with E-state index in [4.69, 9.17) is 9.15 Å². The van der Waals surface area contributed by atoms with Crippen LogP contribution in [0.2, 0.25) is 0 Å². The molecule has 1 aromatic carbocycles. The van der Waals surface area contributed by atoms with Crippen molar-refractivity contribution in [2.24, 2.45) is 0 Å². The minimum Gasteiger partial charge on any atom is -0.465 e. The van der Waals surface area contributed by atoms with E-state index in [1.54, 1.807) is 16.8 Å². The molecule has 1 N–H and O–H groups in total. The molecule has 1 saturated heterocycles. The van der Waals surface area contributed by atoms with E-state index in [-0.39, 0.29) is 11.9 Å². The van der Waals surface area contributed by atoms with Gasteiger partial charge in [-0.05, 0) is 43.3 Å². The van der Waals surface area contributed by atoms with Crippen LogP contribution >= 0.6 is 0 Å². The van der Waals surface area contributed by atoms with Crippen LogP contribution in [0.5, 0.6) is 0 Å². The first-order chi connectivity index (χ1) is 13.7. The van der Waals surface area contributed by atoms with Crippen LogP contribution < -0.4 is 5.32 Å². The number of aromatic nitrogens is 2. The normalized spacial score (nSPS) is 16.4. The number of halogens is 1. The van der Waals surface area contributed by atoms with Gasteiger partial charge in [-0.15, -0.1) is 0 Å². The lowest BCUT2D eigenvalue weighted by Gasteiger charge is -2.33. The third-order valence-corrected chi connectivity index (χ3v) is 4.97. The molecule has 3 aromatic rings. The summed E-state index contributed by atoms with van der Waals surface area (Å²) in [5.41, 5.74) is 1.91. The molecule has 7 heteroatoms. The largest absolute Gasteiger partial charge is 0.465 e. The maximum atomic E-state index is 13.1. The highest BCUT2D eigenvalue weighted by Gasteiger charge is 2.24. The average molecular weight is 384 g/mol. The molecular weight excluding hydrogens is 359 g/mol. The van der Waals surface area contributed by atoms with Gasteiger partial charge in [0.2, 0.25) is 0 Å². The van der Waals surface area contributed by atoms with E-state index < -0.39 is 0 Å². The van der Waals surface area contributed by atoms with Crippen LogP contribution in [0, 0.1) is 12.7 Å². The van der Waals surface area contributed by atoms with Gasteiger partial charge < -0.3 is 14.5 Å². The fourth-order valence-electron chi connectivity index (χ4n) is 3.47. The van der Waals surface area contributed by atoms with E-state index in [1.807, 2.05) is 25.4 Å². The maximum Gasteiger partial charge on any atom is 0.123 e. The van der Waals surface area contributed by atoms with Crippen LogP contribution in [0.25, 0.3) is 5.69 Å². The van der Waals surface area contributed by atoms with Crippen LogP contribution in [-0.2, 0) is 11.3 Å². The summed E-state index contributed by atoms with van der Waals surface area (Å²) >= 11 is 0. The summed E-state index contributed by atoms with van der Waals surface area (Å²) in [6, 6.07) is 10.5. The fourth-order valence-corrected chi connectivity index (χ4v) is 3.47. The smallest absolute Gasteiger partial charge is 0.123 e. The molecule has 0 amide bonds. The summed E-state index contributed by atoms with van der Waals surface area (Å²) in [6.07, 6.45) is 3.79. The lowest BCUT2D eigenvalue weighted by Crippen LogP contribution is -2.42. The van der Waals surface area contributed by atoms with E-state index in [9.17, 15) is 4.39 Å². The second kappa shape index (κ2) is 8.68. The van der Waals surface area contributed by atoms with Crippen molar-refractivity contribution in [3.05, 3.63) is 71.7 Å². The molecule has 0 aliphatic carbocycles. The van der Waals surface area contributed by atoms with Gasteiger partial charge in [0.05, 0.1) is 31.1 Å². The Kier molecular flexibility index (Phi) is 5.85. The first-order valence-corrected chi connectivity index (χ1v) is 9.57. The molecule has 1 unspecified atom stereocenters. The van der Waals surface area contributed by atoms with Crippen molar-refractivity contribution in [3.8, 4) is 5.69 Å². The van der Waals surface area contributed by atoms with Crippen LogP contribution in [0.1, 0.15) is 23.1 Å². The minimum absolute atomic E-state index is 0.171. The van der Waals surface area contributed by atoms with Crippen LogP contribution in [0.3, 0.4) is 0 Å². The molecule has 28 heavy (non-hydrogen) atoms. The van der Waals surface area contributed by atoms with E-state index in [1.165, 1.54) is 12.1 Å². The molecule has 1 aliphatic heterocycles. The monoisotopic (exact) mass is 384 g/mol. The molecule has 1 atom stereocenters. The fraction of sp³-hybridized carbons (Fsp3) is 0.381. The zero-order chi connectivity index (χ0) is 19.3.